The Morgan fingerprint density at radius 1 is 0.917 bits per heavy atom. The molecule has 4 heteroatoms. The van der Waals surface area contributed by atoms with E-state index in [0.717, 1.165) is 13.2 Å². The lowest BCUT2D eigenvalue weighted by molar-refractivity contribution is 0.128. The van der Waals surface area contributed by atoms with E-state index in [-0.39, 0.29) is 5.48 Å². The highest BCUT2D eigenvalue weighted by molar-refractivity contribution is 4.33. The standard InChI is InChI=1S/C8H18O.H4N2.H2O/c1-3-5-7-9-8-6-4-2;1-2;/h3-8H2,1-2H3;1-2H2;1H2. The van der Waals surface area contributed by atoms with E-state index in [4.69, 9.17) is 4.74 Å². The van der Waals surface area contributed by atoms with Crippen molar-refractivity contribution in [3.8, 4) is 0 Å². The molecule has 0 aliphatic carbocycles. The van der Waals surface area contributed by atoms with Gasteiger partial charge in [0.15, 0.2) is 0 Å². The number of hydrogen-bond acceptors (Lipinski definition) is 3. The van der Waals surface area contributed by atoms with Gasteiger partial charge in [-0.2, -0.15) is 0 Å². The number of nitrogens with two attached hydrogens (primary N) is 2. The molecule has 0 unspecified atom stereocenters. The molecule has 0 aromatic carbocycles. The van der Waals surface area contributed by atoms with Crippen molar-refractivity contribution in [3.05, 3.63) is 0 Å². The summed E-state index contributed by atoms with van der Waals surface area (Å²) in [5, 5.41) is 0. The van der Waals surface area contributed by atoms with Crippen molar-refractivity contribution in [1.82, 2.24) is 0 Å². The maximum absolute atomic E-state index is 5.31. The van der Waals surface area contributed by atoms with Gasteiger partial charge in [-0.05, 0) is 12.8 Å². The third-order valence-electron chi connectivity index (χ3n) is 1.28. The molecular weight excluding hydrogens is 156 g/mol. The zero-order chi connectivity index (χ0) is 8.95. The molecule has 0 radical (unpaired) electrons. The number of hydrazine groups is 1. The van der Waals surface area contributed by atoms with E-state index < -0.39 is 0 Å². The first-order valence-corrected chi connectivity index (χ1v) is 4.32. The lowest BCUT2D eigenvalue weighted by atomic mass is 10.3. The lowest BCUT2D eigenvalue weighted by Gasteiger charge is -1.99. The molecule has 4 nitrogen and oxygen atoms in total. The highest BCUT2D eigenvalue weighted by Gasteiger charge is 1.84. The fourth-order valence-corrected chi connectivity index (χ4v) is 0.595. The van der Waals surface area contributed by atoms with E-state index in [1.165, 1.54) is 25.7 Å². The van der Waals surface area contributed by atoms with Crippen LogP contribution in [0.15, 0.2) is 0 Å². The van der Waals surface area contributed by atoms with E-state index >= 15 is 0 Å². The number of unbranched alkanes of at least 4 members (excludes halogenated alkanes) is 2. The zero-order valence-electron chi connectivity index (χ0n) is 8.31. The van der Waals surface area contributed by atoms with Crippen LogP contribution in [-0.4, -0.2) is 18.7 Å². The summed E-state index contributed by atoms with van der Waals surface area (Å²) in [6.45, 7) is 6.28. The summed E-state index contributed by atoms with van der Waals surface area (Å²) >= 11 is 0. The van der Waals surface area contributed by atoms with Crippen LogP contribution in [0.4, 0.5) is 0 Å². The molecular formula is C8H24N2O2. The molecule has 0 saturated heterocycles. The second-order valence-corrected chi connectivity index (χ2v) is 2.32. The summed E-state index contributed by atoms with van der Waals surface area (Å²) in [6, 6.07) is 0. The van der Waals surface area contributed by atoms with Gasteiger partial charge >= 0.3 is 0 Å². The van der Waals surface area contributed by atoms with Crippen LogP contribution in [0.25, 0.3) is 0 Å². The molecule has 0 aromatic rings. The van der Waals surface area contributed by atoms with Crippen LogP contribution >= 0.6 is 0 Å². The molecule has 0 rings (SSSR count). The van der Waals surface area contributed by atoms with Gasteiger partial charge in [-0.25, -0.2) is 0 Å². The van der Waals surface area contributed by atoms with Gasteiger partial charge in [0.25, 0.3) is 0 Å². The van der Waals surface area contributed by atoms with Crippen LogP contribution in [-0.2, 0) is 4.74 Å². The predicted octanol–water partition coefficient (Wildman–Crippen LogP) is 0.597. The van der Waals surface area contributed by atoms with Gasteiger partial charge in [-0.15, -0.1) is 0 Å². The Bertz CT molecular complexity index is 48.3. The lowest BCUT2D eigenvalue weighted by Crippen LogP contribution is -2.02. The van der Waals surface area contributed by atoms with E-state index in [1.54, 1.807) is 0 Å². The van der Waals surface area contributed by atoms with Crippen molar-refractivity contribution in [1.29, 1.82) is 0 Å². The maximum Gasteiger partial charge on any atom is 0.0465 e. The first-order valence-electron chi connectivity index (χ1n) is 4.32. The van der Waals surface area contributed by atoms with Gasteiger partial charge in [-0.1, -0.05) is 26.7 Å². The minimum absolute atomic E-state index is 0. The molecule has 0 atom stereocenters. The van der Waals surface area contributed by atoms with Crippen molar-refractivity contribution in [2.24, 2.45) is 11.7 Å². The van der Waals surface area contributed by atoms with Crippen LogP contribution in [0.1, 0.15) is 39.5 Å². The van der Waals surface area contributed by atoms with E-state index in [9.17, 15) is 0 Å². The van der Waals surface area contributed by atoms with Crippen LogP contribution in [0.2, 0.25) is 0 Å². The van der Waals surface area contributed by atoms with Gasteiger partial charge in [0, 0.05) is 13.2 Å². The summed E-state index contributed by atoms with van der Waals surface area (Å²) in [7, 11) is 0. The summed E-state index contributed by atoms with van der Waals surface area (Å²) in [4.78, 5) is 0. The average molecular weight is 180 g/mol. The molecule has 0 aliphatic rings. The van der Waals surface area contributed by atoms with Gasteiger partial charge < -0.3 is 10.2 Å². The van der Waals surface area contributed by atoms with Crippen molar-refractivity contribution in [2.75, 3.05) is 13.2 Å². The van der Waals surface area contributed by atoms with E-state index in [1.807, 2.05) is 0 Å². The Balaban J connectivity index is -0.000000249. The average Bonchev–Trinajstić information content (AvgIpc) is 2.08. The molecule has 0 fully saturated rings. The Labute approximate surface area is 75.5 Å². The van der Waals surface area contributed by atoms with Crippen LogP contribution < -0.4 is 11.7 Å². The van der Waals surface area contributed by atoms with Crippen LogP contribution in [0.3, 0.4) is 0 Å². The Kier molecular flexibility index (Phi) is 33.3. The number of rotatable bonds is 6. The third kappa shape index (κ3) is 22.5. The fourth-order valence-electron chi connectivity index (χ4n) is 0.595. The van der Waals surface area contributed by atoms with Gasteiger partial charge in [-0.3, -0.25) is 11.7 Å². The fraction of sp³-hybridized carbons (Fsp3) is 1.00. The van der Waals surface area contributed by atoms with Crippen LogP contribution in [0.5, 0.6) is 0 Å². The normalized spacial score (nSPS) is 8.00. The molecule has 0 heterocycles. The smallest absolute Gasteiger partial charge is 0.0465 e. The second-order valence-electron chi connectivity index (χ2n) is 2.32. The number of ether oxygens (including phenoxy) is 1. The summed E-state index contributed by atoms with van der Waals surface area (Å²) in [6.07, 6.45) is 4.91. The first-order chi connectivity index (χ1) is 5.41. The quantitative estimate of drug-likeness (QED) is 0.356. The molecule has 6 N–H and O–H groups in total. The first kappa shape index (κ1) is 17.8. The molecule has 12 heavy (non-hydrogen) atoms. The van der Waals surface area contributed by atoms with Gasteiger partial charge in [0.1, 0.15) is 0 Å². The summed E-state index contributed by atoms with van der Waals surface area (Å²) < 4.78 is 5.31. The molecule has 0 spiro atoms. The van der Waals surface area contributed by atoms with Crippen molar-refractivity contribution in [2.45, 2.75) is 39.5 Å². The minimum atomic E-state index is 0. The molecule has 0 aromatic heterocycles. The third-order valence-corrected chi connectivity index (χ3v) is 1.28. The van der Waals surface area contributed by atoms with Crippen molar-refractivity contribution < 1.29 is 10.2 Å². The zero-order valence-corrected chi connectivity index (χ0v) is 8.31. The highest BCUT2D eigenvalue weighted by atomic mass is 16.5. The van der Waals surface area contributed by atoms with Crippen molar-refractivity contribution >= 4 is 0 Å². The topological polar surface area (TPSA) is 92.8 Å². The van der Waals surface area contributed by atoms with Gasteiger partial charge in [0.05, 0.1) is 0 Å². The highest BCUT2D eigenvalue weighted by Crippen LogP contribution is 1.91. The maximum atomic E-state index is 5.31. The van der Waals surface area contributed by atoms with E-state index in [2.05, 4.69) is 25.5 Å². The molecule has 0 amide bonds. The second kappa shape index (κ2) is 22.4. The Morgan fingerprint density at radius 3 is 1.50 bits per heavy atom. The molecule has 0 bridgehead atoms. The summed E-state index contributed by atoms with van der Waals surface area (Å²) in [5.41, 5.74) is 0. The SMILES string of the molecule is CCCCOCCCC.NN.O. The molecule has 0 aliphatic heterocycles. The van der Waals surface area contributed by atoms with Crippen LogP contribution in [0, 0.1) is 0 Å². The summed E-state index contributed by atoms with van der Waals surface area (Å²) in [5.74, 6) is 8.00. The molecule has 0 saturated carbocycles. The monoisotopic (exact) mass is 180 g/mol. The molecule has 78 valence electrons. The predicted molar refractivity (Wildman–Crippen MR) is 52.6 cm³/mol. The largest absolute Gasteiger partial charge is 0.412 e. The van der Waals surface area contributed by atoms with E-state index in [0.29, 0.717) is 0 Å². The Morgan fingerprint density at radius 2 is 1.25 bits per heavy atom. The van der Waals surface area contributed by atoms with Gasteiger partial charge in [0.2, 0.25) is 0 Å². The van der Waals surface area contributed by atoms with Crippen molar-refractivity contribution in [3.63, 3.8) is 0 Å². The number of hydrogen-bond donors (Lipinski definition) is 2. The Hall–Kier alpha value is -0.160. The minimum Gasteiger partial charge on any atom is -0.412 e.